The van der Waals surface area contributed by atoms with E-state index in [-0.39, 0.29) is 138 Å². The van der Waals surface area contributed by atoms with Crippen LogP contribution in [0.1, 0.15) is 70.9 Å². The topological polar surface area (TPSA) is 188 Å². The number of carbonyl (C=O) groups excluding carboxylic acids is 6. The van der Waals surface area contributed by atoms with E-state index in [2.05, 4.69) is 50.2 Å². The lowest BCUT2D eigenvalue weighted by molar-refractivity contribution is -0.145. The number of hydrogen-bond acceptors (Lipinski definition) is 11. The van der Waals surface area contributed by atoms with Gasteiger partial charge in [-0.2, -0.15) is 0 Å². The van der Waals surface area contributed by atoms with Crippen LogP contribution in [0.2, 0.25) is 0 Å². The van der Waals surface area contributed by atoms with E-state index in [4.69, 9.17) is 9.47 Å². The molecule has 2 aromatic carbocycles. The number of ether oxygens (including phenoxy) is 2. The van der Waals surface area contributed by atoms with Crippen molar-refractivity contribution in [2.24, 2.45) is 5.92 Å². The zero-order chi connectivity index (χ0) is 40.4. The van der Waals surface area contributed by atoms with Gasteiger partial charge in [0.2, 0.25) is 23.6 Å². The molecular formula is C42H67Cl2N7O8. The van der Waals surface area contributed by atoms with Crippen molar-refractivity contribution in [3.8, 4) is 0 Å². The highest BCUT2D eigenvalue weighted by Gasteiger charge is 2.30. The maximum Gasteiger partial charge on any atom is 0.307 e. The predicted octanol–water partition coefficient (Wildman–Crippen LogP) is 2.99. The molecule has 5 N–H and O–H groups in total. The van der Waals surface area contributed by atoms with Crippen molar-refractivity contribution in [1.82, 2.24) is 36.4 Å². The van der Waals surface area contributed by atoms with Gasteiger partial charge in [0, 0.05) is 65.2 Å². The highest BCUT2D eigenvalue weighted by atomic mass is 35.5. The summed E-state index contributed by atoms with van der Waals surface area (Å²) in [5, 5.41) is 14.2. The largest absolute Gasteiger partial charge is 0.461 e. The molecule has 332 valence electrons. The Kier molecular flexibility index (Phi) is 30.2. The normalized spacial score (nSPS) is 16.1. The lowest BCUT2D eigenvalue weighted by atomic mass is 9.99. The van der Waals surface area contributed by atoms with E-state index in [0.29, 0.717) is 19.6 Å². The standard InChI is InChI=1S/C22H34N4O4.C19H27N3O4.CH4.2ClH/c1-3-25-14-15-26(4-2)19(16-25)22(29)24-12-10-20(27)23-13-11-21(28)30-17-18-8-6-5-7-9-18;23-17(8-11-22-19(25)16-7-4-10-20-13-16)21-12-9-18(24)26-14-15-5-2-1-3-6-15;;;/h5-9,19H,3-4,10-17H2,1-2H3,(H,23,27)(H,24,29);1-3,5-6,16,20H,4,7-14H2,(H,21,23)(H,22,25);1H4;2*1H. The molecule has 0 aliphatic carbocycles. The summed E-state index contributed by atoms with van der Waals surface area (Å²) in [4.78, 5) is 76.0. The van der Waals surface area contributed by atoms with Crippen LogP contribution >= 0.6 is 24.8 Å². The van der Waals surface area contributed by atoms with E-state index in [1.54, 1.807) is 0 Å². The van der Waals surface area contributed by atoms with E-state index in [1.165, 1.54) is 0 Å². The number of halogens is 2. The molecule has 4 rings (SSSR count). The van der Waals surface area contributed by atoms with Crippen LogP contribution in [0.5, 0.6) is 0 Å². The van der Waals surface area contributed by atoms with Gasteiger partial charge in [-0.3, -0.25) is 33.7 Å². The molecule has 2 aliphatic rings. The van der Waals surface area contributed by atoms with Crippen molar-refractivity contribution in [3.63, 3.8) is 0 Å². The minimum absolute atomic E-state index is 0. The number of benzene rings is 2. The molecule has 2 heterocycles. The molecule has 4 amide bonds. The van der Waals surface area contributed by atoms with Gasteiger partial charge in [-0.25, -0.2) is 0 Å². The first-order valence-corrected chi connectivity index (χ1v) is 19.8. The Labute approximate surface area is 362 Å². The summed E-state index contributed by atoms with van der Waals surface area (Å²) in [6.07, 6.45) is 2.51. The van der Waals surface area contributed by atoms with Gasteiger partial charge in [0.1, 0.15) is 19.3 Å². The van der Waals surface area contributed by atoms with Crippen molar-refractivity contribution >= 4 is 60.4 Å². The first-order chi connectivity index (χ1) is 27.2. The molecule has 2 fully saturated rings. The monoisotopic (exact) mass is 867 g/mol. The van der Waals surface area contributed by atoms with Gasteiger partial charge >= 0.3 is 11.9 Å². The number of amides is 4. The zero-order valence-corrected chi connectivity index (χ0v) is 35.5. The molecule has 0 saturated carbocycles. The molecule has 15 nitrogen and oxygen atoms in total. The third kappa shape index (κ3) is 23.2. The van der Waals surface area contributed by atoms with E-state index < -0.39 is 0 Å². The van der Waals surface area contributed by atoms with Gasteiger partial charge < -0.3 is 41.0 Å². The third-order valence-corrected chi connectivity index (χ3v) is 9.49. The number of nitrogens with one attached hydrogen (secondary N) is 5. The molecule has 59 heavy (non-hydrogen) atoms. The Balaban J connectivity index is 0.00000109. The van der Waals surface area contributed by atoms with Crippen LogP contribution in [0, 0.1) is 5.92 Å². The fourth-order valence-electron chi connectivity index (χ4n) is 6.13. The Morgan fingerprint density at radius 2 is 1.15 bits per heavy atom. The Bertz CT molecular complexity index is 1500. The van der Waals surface area contributed by atoms with Gasteiger partial charge in [-0.1, -0.05) is 81.9 Å². The van der Waals surface area contributed by atoms with E-state index in [1.807, 2.05) is 60.7 Å². The summed E-state index contributed by atoms with van der Waals surface area (Å²) in [6, 6.07) is 18.7. The van der Waals surface area contributed by atoms with Gasteiger partial charge in [0.05, 0.1) is 18.8 Å². The molecule has 2 atom stereocenters. The fraction of sp³-hybridized carbons (Fsp3) is 0.571. The minimum atomic E-state index is -0.357. The number of nitrogens with zero attached hydrogens (tertiary/aromatic N) is 2. The second kappa shape index (κ2) is 32.6. The van der Waals surface area contributed by atoms with Crippen LogP contribution in [0.3, 0.4) is 0 Å². The molecule has 2 aromatic rings. The van der Waals surface area contributed by atoms with Gasteiger partial charge in [-0.15, -0.1) is 24.8 Å². The van der Waals surface area contributed by atoms with Crippen LogP contribution in [0.4, 0.5) is 0 Å². The lowest BCUT2D eigenvalue weighted by Gasteiger charge is -2.39. The number of hydrogen-bond donors (Lipinski definition) is 5. The second-order valence-electron chi connectivity index (χ2n) is 13.7. The van der Waals surface area contributed by atoms with Crippen molar-refractivity contribution in [2.45, 2.75) is 79.1 Å². The number of likely N-dealkylation sites (N-methyl/N-ethyl adjacent to an activating group) is 2. The summed E-state index contributed by atoms with van der Waals surface area (Å²) in [6.45, 7) is 11.6. The van der Waals surface area contributed by atoms with Crippen LogP contribution in [-0.4, -0.2) is 123 Å². The SMILES string of the molecule is C.CCN1CCN(CC)C(C(=O)NCCC(=O)NCCC(=O)OCc2ccccc2)C1.Cl.Cl.O=C(CCNC(=O)C1CCCNC1)NCCC(=O)OCc1ccccc1. The number of piperidine rings is 1. The Morgan fingerprint density at radius 3 is 1.61 bits per heavy atom. The van der Waals surface area contributed by atoms with Crippen molar-refractivity contribution in [1.29, 1.82) is 0 Å². The molecular weight excluding hydrogens is 801 g/mol. The smallest absolute Gasteiger partial charge is 0.307 e. The van der Waals surface area contributed by atoms with Gasteiger partial charge in [-0.05, 0) is 43.6 Å². The summed E-state index contributed by atoms with van der Waals surface area (Å²) < 4.78 is 10.3. The highest BCUT2D eigenvalue weighted by Crippen LogP contribution is 2.11. The van der Waals surface area contributed by atoms with Crippen LogP contribution in [-0.2, 0) is 51.5 Å². The Morgan fingerprint density at radius 1 is 0.661 bits per heavy atom. The van der Waals surface area contributed by atoms with Crippen LogP contribution < -0.4 is 26.6 Å². The summed E-state index contributed by atoms with van der Waals surface area (Å²) in [5.74, 6) is -1.15. The average Bonchev–Trinajstić information content (AvgIpc) is 3.23. The van der Waals surface area contributed by atoms with E-state index in [0.717, 1.165) is 56.7 Å². The summed E-state index contributed by atoms with van der Waals surface area (Å²) >= 11 is 0. The van der Waals surface area contributed by atoms with E-state index >= 15 is 0 Å². The fourth-order valence-corrected chi connectivity index (χ4v) is 6.13. The van der Waals surface area contributed by atoms with Crippen molar-refractivity contribution in [3.05, 3.63) is 71.8 Å². The van der Waals surface area contributed by atoms with Crippen molar-refractivity contribution in [2.75, 3.05) is 72.0 Å². The second-order valence-corrected chi connectivity index (χ2v) is 13.7. The predicted molar refractivity (Wildman–Crippen MR) is 233 cm³/mol. The number of esters is 2. The molecule has 0 aromatic heterocycles. The average molecular weight is 869 g/mol. The maximum atomic E-state index is 12.5. The number of piperazine rings is 1. The van der Waals surface area contributed by atoms with Gasteiger partial charge in [0.25, 0.3) is 0 Å². The Hall–Kier alpha value is -4.28. The van der Waals surface area contributed by atoms with Crippen molar-refractivity contribution < 1.29 is 38.2 Å². The summed E-state index contributed by atoms with van der Waals surface area (Å²) in [5.41, 5.74) is 1.85. The third-order valence-electron chi connectivity index (χ3n) is 9.49. The molecule has 17 heteroatoms. The lowest BCUT2D eigenvalue weighted by Crippen LogP contribution is -2.58. The molecule has 2 unspecified atom stereocenters. The maximum absolute atomic E-state index is 12.5. The number of rotatable bonds is 20. The minimum Gasteiger partial charge on any atom is -0.461 e. The quantitative estimate of drug-likeness (QED) is 0.123. The zero-order valence-electron chi connectivity index (χ0n) is 33.8. The van der Waals surface area contributed by atoms with Gasteiger partial charge in [0.15, 0.2) is 0 Å². The van der Waals surface area contributed by atoms with Crippen LogP contribution in [0.25, 0.3) is 0 Å². The molecule has 0 spiro atoms. The molecule has 2 saturated heterocycles. The van der Waals surface area contributed by atoms with E-state index in [9.17, 15) is 28.8 Å². The number of carbonyl (C=O) groups is 6. The molecule has 2 aliphatic heterocycles. The molecule has 0 bridgehead atoms. The first kappa shape index (κ1) is 54.7. The molecule has 0 radical (unpaired) electrons. The van der Waals surface area contributed by atoms with Crippen LogP contribution in [0.15, 0.2) is 60.7 Å². The summed E-state index contributed by atoms with van der Waals surface area (Å²) in [7, 11) is 0. The highest BCUT2D eigenvalue weighted by molar-refractivity contribution is 5.86. The first-order valence-electron chi connectivity index (χ1n) is 19.8.